The zero-order valence-electron chi connectivity index (χ0n) is 13.8. The van der Waals surface area contributed by atoms with E-state index in [1.165, 1.54) is 11.3 Å². The van der Waals surface area contributed by atoms with Crippen LogP contribution in [0, 0.1) is 0 Å². The van der Waals surface area contributed by atoms with Gasteiger partial charge in [0.15, 0.2) is 5.82 Å². The lowest BCUT2D eigenvalue weighted by atomic mass is 10.2. The monoisotopic (exact) mass is 396 g/mol. The van der Waals surface area contributed by atoms with Crippen molar-refractivity contribution in [2.24, 2.45) is 0 Å². The Hall–Kier alpha value is -3.16. The third-order valence-corrected chi connectivity index (χ3v) is 5.23. The number of hydrogen-bond acceptors (Lipinski definition) is 4. The quantitative estimate of drug-likeness (QED) is 0.463. The summed E-state index contributed by atoms with van der Waals surface area (Å²) in [6, 6.07) is 17.7. The van der Waals surface area contributed by atoms with Crippen molar-refractivity contribution >= 4 is 56.5 Å². The number of aromatic nitrogens is 2. The van der Waals surface area contributed by atoms with Crippen molar-refractivity contribution in [3.63, 3.8) is 0 Å². The van der Waals surface area contributed by atoms with Crippen molar-refractivity contribution in [3.05, 3.63) is 76.1 Å². The summed E-state index contributed by atoms with van der Waals surface area (Å²) in [7, 11) is 0. The first-order valence-electron chi connectivity index (χ1n) is 8.02. The summed E-state index contributed by atoms with van der Waals surface area (Å²) in [5.41, 5.74) is 1.07. The molecule has 0 aliphatic heterocycles. The highest BCUT2D eigenvalue weighted by atomic mass is 35.5. The number of H-pyrrole nitrogens is 1. The largest absolute Gasteiger partial charge is 0.321 e. The highest BCUT2D eigenvalue weighted by Crippen LogP contribution is 2.30. The van der Waals surface area contributed by atoms with Crippen molar-refractivity contribution < 1.29 is 9.59 Å². The van der Waals surface area contributed by atoms with Crippen LogP contribution in [-0.2, 0) is 0 Å². The number of fused-ring (bicyclic) bond motifs is 1. The molecule has 2 heterocycles. The van der Waals surface area contributed by atoms with E-state index in [-0.39, 0.29) is 11.8 Å². The fourth-order valence-corrected chi connectivity index (χ4v) is 3.68. The Morgan fingerprint density at radius 1 is 0.963 bits per heavy atom. The van der Waals surface area contributed by atoms with Gasteiger partial charge in [0.25, 0.3) is 11.8 Å². The van der Waals surface area contributed by atoms with Gasteiger partial charge in [-0.3, -0.25) is 14.7 Å². The van der Waals surface area contributed by atoms with Crippen molar-refractivity contribution in [1.82, 2.24) is 10.2 Å². The van der Waals surface area contributed by atoms with E-state index in [1.807, 2.05) is 30.3 Å². The maximum absolute atomic E-state index is 12.4. The number of aromatic amines is 1. The lowest BCUT2D eigenvalue weighted by molar-refractivity contribution is 0.102. The maximum Gasteiger partial charge on any atom is 0.265 e. The number of rotatable bonds is 4. The Morgan fingerprint density at radius 3 is 2.48 bits per heavy atom. The van der Waals surface area contributed by atoms with E-state index in [0.29, 0.717) is 37.2 Å². The summed E-state index contributed by atoms with van der Waals surface area (Å²) in [6.45, 7) is 0. The first-order valence-corrected chi connectivity index (χ1v) is 9.21. The molecular weight excluding hydrogens is 384 g/mol. The third kappa shape index (κ3) is 3.55. The van der Waals surface area contributed by atoms with Gasteiger partial charge >= 0.3 is 0 Å². The van der Waals surface area contributed by atoms with E-state index >= 15 is 0 Å². The molecular formula is C19H13ClN4O2S. The van der Waals surface area contributed by atoms with Crippen LogP contribution in [0.2, 0.25) is 5.02 Å². The van der Waals surface area contributed by atoms with E-state index in [1.54, 1.807) is 30.3 Å². The summed E-state index contributed by atoms with van der Waals surface area (Å²) in [5.74, 6) is -0.236. The zero-order valence-corrected chi connectivity index (χ0v) is 15.4. The SMILES string of the molecule is O=C(Nc1ccccc1)c1cc2c(NC(=O)c3ccccc3Cl)n[nH]c2s1. The smallest absolute Gasteiger partial charge is 0.265 e. The minimum Gasteiger partial charge on any atom is -0.321 e. The lowest BCUT2D eigenvalue weighted by Gasteiger charge is -2.04. The zero-order chi connectivity index (χ0) is 18.8. The predicted octanol–water partition coefficient (Wildman–Crippen LogP) is 4.78. The summed E-state index contributed by atoms with van der Waals surface area (Å²) in [5, 5.41) is 13.5. The number of carbonyl (C=O) groups is 2. The number of hydrogen-bond donors (Lipinski definition) is 3. The molecule has 0 spiro atoms. The molecule has 0 saturated carbocycles. The second-order valence-corrected chi connectivity index (χ2v) is 7.14. The number of nitrogens with one attached hydrogen (secondary N) is 3. The highest BCUT2D eigenvalue weighted by Gasteiger charge is 2.18. The molecule has 0 fully saturated rings. The molecule has 3 N–H and O–H groups in total. The average Bonchev–Trinajstić information content (AvgIpc) is 3.25. The standard InChI is InChI=1S/C19H13ClN4O2S/c20-14-9-5-4-8-12(14)17(25)22-16-13-10-15(27-19(13)24-23-16)18(26)21-11-6-2-1-3-7-11/h1-10H,(H,21,26)(H2,22,23,24,25). The second kappa shape index (κ2) is 7.22. The molecule has 0 atom stereocenters. The number of para-hydroxylation sites is 1. The molecule has 2 amide bonds. The minimum atomic E-state index is -0.365. The van der Waals surface area contributed by atoms with Crippen LogP contribution in [-0.4, -0.2) is 22.0 Å². The van der Waals surface area contributed by atoms with E-state index in [9.17, 15) is 9.59 Å². The fraction of sp³-hybridized carbons (Fsp3) is 0. The Balaban J connectivity index is 1.56. The molecule has 6 nitrogen and oxygen atoms in total. The minimum absolute atomic E-state index is 0.223. The van der Waals surface area contributed by atoms with Crippen molar-refractivity contribution in [2.45, 2.75) is 0 Å². The lowest BCUT2D eigenvalue weighted by Crippen LogP contribution is -2.13. The molecule has 0 radical (unpaired) electrons. The Morgan fingerprint density at radius 2 is 1.70 bits per heavy atom. The molecule has 134 valence electrons. The molecule has 0 aliphatic rings. The molecule has 8 heteroatoms. The molecule has 2 aromatic carbocycles. The van der Waals surface area contributed by atoms with Gasteiger partial charge < -0.3 is 10.6 Å². The van der Waals surface area contributed by atoms with Gasteiger partial charge in [0.05, 0.1) is 20.8 Å². The van der Waals surface area contributed by atoms with Crippen LogP contribution >= 0.6 is 22.9 Å². The number of carbonyl (C=O) groups excluding carboxylic acids is 2. The number of amides is 2. The third-order valence-electron chi connectivity index (χ3n) is 3.86. The van der Waals surface area contributed by atoms with Crippen LogP contribution in [0.3, 0.4) is 0 Å². The summed E-state index contributed by atoms with van der Waals surface area (Å²) < 4.78 is 0. The fourth-order valence-electron chi connectivity index (χ4n) is 2.56. The topological polar surface area (TPSA) is 86.9 Å². The van der Waals surface area contributed by atoms with Gasteiger partial charge in [-0.15, -0.1) is 11.3 Å². The predicted molar refractivity (Wildman–Crippen MR) is 108 cm³/mol. The molecule has 2 aromatic heterocycles. The van der Waals surface area contributed by atoms with E-state index in [0.717, 1.165) is 0 Å². The number of halogens is 1. The van der Waals surface area contributed by atoms with Crippen molar-refractivity contribution in [3.8, 4) is 0 Å². The van der Waals surface area contributed by atoms with Crippen molar-refractivity contribution in [1.29, 1.82) is 0 Å². The maximum atomic E-state index is 12.4. The molecule has 4 aromatic rings. The Labute approximate surface area is 163 Å². The average molecular weight is 397 g/mol. The van der Waals surface area contributed by atoms with Crippen molar-refractivity contribution in [2.75, 3.05) is 10.6 Å². The normalized spacial score (nSPS) is 10.7. The molecule has 0 aliphatic carbocycles. The van der Waals surface area contributed by atoms with Gasteiger partial charge in [0, 0.05) is 5.69 Å². The molecule has 0 unspecified atom stereocenters. The molecule has 4 rings (SSSR count). The summed E-state index contributed by atoms with van der Waals surface area (Å²) >= 11 is 7.32. The number of benzene rings is 2. The van der Waals surface area contributed by atoms with Crippen LogP contribution in [0.15, 0.2) is 60.7 Å². The molecule has 0 saturated heterocycles. The van der Waals surface area contributed by atoms with Crippen LogP contribution in [0.1, 0.15) is 20.0 Å². The highest BCUT2D eigenvalue weighted by molar-refractivity contribution is 7.20. The van der Waals surface area contributed by atoms with Gasteiger partial charge in [0.2, 0.25) is 0 Å². The summed E-state index contributed by atoms with van der Waals surface area (Å²) in [6.07, 6.45) is 0. The van der Waals surface area contributed by atoms with Gasteiger partial charge in [-0.1, -0.05) is 41.9 Å². The van der Waals surface area contributed by atoms with Gasteiger partial charge in [-0.05, 0) is 30.3 Å². The number of thiophene rings is 1. The molecule has 0 bridgehead atoms. The van der Waals surface area contributed by atoms with E-state index in [4.69, 9.17) is 11.6 Å². The summed E-state index contributed by atoms with van der Waals surface area (Å²) in [4.78, 5) is 26.1. The van der Waals surface area contributed by atoms with Crippen LogP contribution in [0.25, 0.3) is 10.2 Å². The van der Waals surface area contributed by atoms with Crippen LogP contribution < -0.4 is 10.6 Å². The van der Waals surface area contributed by atoms with Gasteiger partial charge in [-0.25, -0.2) is 0 Å². The van der Waals surface area contributed by atoms with Crippen LogP contribution in [0.4, 0.5) is 11.5 Å². The Kier molecular flexibility index (Phi) is 4.62. The number of nitrogens with zero attached hydrogens (tertiary/aromatic N) is 1. The van der Waals surface area contributed by atoms with Gasteiger partial charge in [-0.2, -0.15) is 5.10 Å². The first-order chi connectivity index (χ1) is 13.1. The van der Waals surface area contributed by atoms with Crippen LogP contribution in [0.5, 0.6) is 0 Å². The van der Waals surface area contributed by atoms with Gasteiger partial charge in [0.1, 0.15) is 4.83 Å². The number of anilines is 2. The second-order valence-electron chi connectivity index (χ2n) is 5.68. The molecule has 27 heavy (non-hydrogen) atoms. The Bertz CT molecular complexity index is 1140. The van der Waals surface area contributed by atoms with E-state index in [2.05, 4.69) is 20.8 Å². The van der Waals surface area contributed by atoms with E-state index < -0.39 is 0 Å². The first kappa shape index (κ1) is 17.3.